The van der Waals surface area contributed by atoms with Crippen LogP contribution in [0.15, 0.2) is 0 Å². The van der Waals surface area contributed by atoms with Crippen molar-refractivity contribution < 1.29 is 23.2 Å². The van der Waals surface area contributed by atoms with Crippen molar-refractivity contribution in [2.24, 2.45) is 0 Å². The normalized spacial score (nSPS) is 35.8. The molecule has 0 spiro atoms. The molecule has 0 heterocycles. The summed E-state index contributed by atoms with van der Waals surface area (Å²) in [7, 11) is 0. The van der Waals surface area contributed by atoms with E-state index < -0.39 is 33.1 Å². The fraction of sp³-hybridized carbons (Fsp3) is 1.00. The molecule has 2 heteroatoms. The minimum Gasteiger partial charge on any atom is -0.353 e. The van der Waals surface area contributed by atoms with E-state index in [0.717, 1.165) is 6.92 Å². The highest BCUT2D eigenvalue weighted by atomic mass is 16.7. The van der Waals surface area contributed by atoms with E-state index in [1.54, 1.807) is 0 Å². The monoisotopic (exact) mass is 128 g/mol. The molecule has 8 heavy (non-hydrogen) atoms. The number of hydrogen-bond donors (Lipinski definition) is 0. The second kappa shape index (κ2) is 5.06. The van der Waals surface area contributed by atoms with Crippen LogP contribution in [0.4, 0.5) is 0 Å². The molecule has 0 aliphatic heterocycles. The molecule has 0 saturated heterocycles. The molecule has 50 valence electrons. The topological polar surface area (TPSA) is 18.5 Å². The maximum atomic E-state index is 7.11. The van der Waals surface area contributed by atoms with E-state index in [1.807, 2.05) is 0 Å². The van der Waals surface area contributed by atoms with Crippen molar-refractivity contribution in [3.63, 3.8) is 0 Å². The Morgan fingerprint density at radius 2 is 2.00 bits per heavy atom. The van der Waals surface area contributed by atoms with Crippen LogP contribution in [-0.2, 0) is 9.47 Å². The maximum absolute atomic E-state index is 7.11. The first-order valence-corrected chi connectivity index (χ1v) is 1.96. The van der Waals surface area contributed by atoms with Crippen molar-refractivity contribution in [1.29, 1.82) is 0 Å². The van der Waals surface area contributed by atoms with Crippen LogP contribution >= 0.6 is 0 Å². The average molecular weight is 128 g/mol. The minimum absolute atomic E-state index is 1.01. The molecule has 0 aromatic carbocycles. The van der Waals surface area contributed by atoms with Crippen LogP contribution in [0.5, 0.6) is 0 Å². The first kappa shape index (κ1) is 1.32. The van der Waals surface area contributed by atoms with Crippen LogP contribution < -0.4 is 0 Å². The molecular formula is C6H14O2. The fourth-order valence-corrected chi connectivity index (χ4v) is 0.190. The van der Waals surface area contributed by atoms with E-state index in [4.69, 9.17) is 13.7 Å². The summed E-state index contributed by atoms with van der Waals surface area (Å²) in [5.41, 5.74) is 0. The second-order valence-corrected chi connectivity index (χ2v) is 1.01. The van der Waals surface area contributed by atoms with Crippen molar-refractivity contribution in [3.8, 4) is 0 Å². The van der Waals surface area contributed by atoms with Crippen LogP contribution in [-0.4, -0.2) is 19.4 Å². The molecule has 0 aromatic rings. The van der Waals surface area contributed by atoms with Gasteiger partial charge in [-0.2, -0.15) is 0 Å². The Labute approximate surface area is 64.8 Å². The zero-order valence-electron chi connectivity index (χ0n) is 14.4. The van der Waals surface area contributed by atoms with Crippen molar-refractivity contribution in [3.05, 3.63) is 0 Å². The van der Waals surface area contributed by atoms with E-state index in [2.05, 4.69) is 9.47 Å². The number of ether oxygens (including phenoxy) is 2. The molecule has 0 rings (SSSR count). The average Bonchev–Trinajstić information content (AvgIpc) is 1.95. The predicted molar refractivity (Wildman–Crippen MR) is 32.7 cm³/mol. The van der Waals surface area contributed by atoms with Crippen molar-refractivity contribution in [1.82, 2.24) is 0 Å². The van der Waals surface area contributed by atoms with Crippen LogP contribution in [0.25, 0.3) is 0 Å². The van der Waals surface area contributed by atoms with E-state index in [-0.39, 0.29) is 0 Å². The molecule has 0 unspecified atom stereocenters. The molecule has 0 fully saturated rings. The van der Waals surface area contributed by atoms with Crippen LogP contribution in [0.3, 0.4) is 0 Å². The molecule has 0 N–H and O–H groups in total. The summed E-state index contributed by atoms with van der Waals surface area (Å²) >= 11 is 0. The second-order valence-electron chi connectivity index (χ2n) is 1.01. The summed E-state index contributed by atoms with van der Waals surface area (Å²) in [6.45, 7) is -11.3. The molecule has 0 atom stereocenters. The Balaban J connectivity index is 4.69. The van der Waals surface area contributed by atoms with Crippen molar-refractivity contribution >= 4 is 0 Å². The van der Waals surface area contributed by atoms with Gasteiger partial charge in [-0.25, -0.2) is 0 Å². The van der Waals surface area contributed by atoms with Gasteiger partial charge in [0.1, 0.15) is 0 Å². The lowest BCUT2D eigenvalue weighted by atomic mass is 10.7. The zero-order chi connectivity index (χ0) is 15.0. The molecule has 0 radical (unpaired) electrons. The number of rotatable bonds is 4. The summed E-state index contributed by atoms with van der Waals surface area (Å²) in [5, 5.41) is 0. The predicted octanol–water partition coefficient (Wildman–Crippen LogP) is 1.41. The first-order chi connectivity index (χ1) is 7.60. The maximum Gasteiger partial charge on any atom is 0.154 e. The van der Waals surface area contributed by atoms with E-state index in [0.29, 0.717) is 0 Å². The van der Waals surface area contributed by atoms with Crippen LogP contribution in [0.2, 0.25) is 0 Å². The van der Waals surface area contributed by atoms with Crippen molar-refractivity contribution in [2.45, 2.75) is 26.9 Å². The van der Waals surface area contributed by atoms with Crippen LogP contribution in [0.1, 0.15) is 34.3 Å². The highest BCUT2D eigenvalue weighted by molar-refractivity contribution is 4.26. The summed E-state index contributed by atoms with van der Waals surface area (Å²) in [4.78, 5) is 0. The van der Waals surface area contributed by atoms with Gasteiger partial charge < -0.3 is 9.47 Å². The molecular weight excluding hydrogens is 104 g/mol. The molecule has 0 amide bonds. The van der Waals surface area contributed by atoms with Gasteiger partial charge in [-0.15, -0.1) is 0 Å². The Morgan fingerprint density at radius 1 is 1.50 bits per heavy atom. The van der Waals surface area contributed by atoms with Crippen LogP contribution in [0, 0.1) is 0 Å². The Hall–Kier alpha value is -0.0800. The van der Waals surface area contributed by atoms with E-state index in [1.165, 1.54) is 0 Å². The van der Waals surface area contributed by atoms with Gasteiger partial charge in [0.05, 0.1) is 5.48 Å². The molecule has 0 saturated carbocycles. The lowest BCUT2D eigenvalue weighted by Gasteiger charge is -2.09. The standard InChI is InChI=1S/C6H14O2/c1-4-7-6(3)8-5-2/h6H,4-5H2,1-3H3/i1D3,2D3,4D2,5D2. The van der Waals surface area contributed by atoms with Gasteiger partial charge in [-0.3, -0.25) is 0 Å². The van der Waals surface area contributed by atoms with Gasteiger partial charge in [0.2, 0.25) is 0 Å². The van der Waals surface area contributed by atoms with Gasteiger partial charge in [0.15, 0.2) is 6.29 Å². The lowest BCUT2D eigenvalue weighted by molar-refractivity contribution is -0.123. The fourth-order valence-electron chi connectivity index (χ4n) is 0.190. The van der Waals surface area contributed by atoms with Gasteiger partial charge in [-0.05, 0) is 20.6 Å². The summed E-state index contributed by atoms with van der Waals surface area (Å²) in [6, 6.07) is 0. The lowest BCUT2D eigenvalue weighted by Crippen LogP contribution is -2.11. The first-order valence-electron chi connectivity index (χ1n) is 6.96. The third-order valence-electron chi connectivity index (χ3n) is 0.450. The Bertz CT molecular complexity index is 251. The third-order valence-corrected chi connectivity index (χ3v) is 0.450. The van der Waals surface area contributed by atoms with Crippen molar-refractivity contribution in [2.75, 3.05) is 13.1 Å². The molecule has 0 aliphatic carbocycles. The third kappa shape index (κ3) is 4.09. The Kier molecular flexibility index (Phi) is 0.839. The minimum atomic E-state index is -3.10. The highest BCUT2D eigenvalue weighted by Crippen LogP contribution is 1.90. The van der Waals surface area contributed by atoms with Gasteiger partial charge in [-0.1, -0.05) is 0 Å². The summed E-state index contributed by atoms with van der Waals surface area (Å²) in [6.07, 6.45) is -1.68. The largest absolute Gasteiger partial charge is 0.353 e. The van der Waals surface area contributed by atoms with Gasteiger partial charge >= 0.3 is 0 Å². The SMILES string of the molecule is [2H]C([2H])([2H])C([2H])([2H])OC(C)OC([2H])([2H])C([2H])([2H])[2H]. The van der Waals surface area contributed by atoms with E-state index in [9.17, 15) is 0 Å². The number of hydrogen-bond acceptors (Lipinski definition) is 2. The quantitative estimate of drug-likeness (QED) is 0.533. The van der Waals surface area contributed by atoms with Gasteiger partial charge in [0.25, 0.3) is 0 Å². The smallest absolute Gasteiger partial charge is 0.154 e. The molecule has 0 aliphatic rings. The highest BCUT2D eigenvalue weighted by Gasteiger charge is 1.94. The van der Waals surface area contributed by atoms with E-state index >= 15 is 0 Å². The molecule has 0 aromatic heterocycles. The summed E-state index contributed by atoms with van der Waals surface area (Å²) < 4.78 is 78.4. The molecule has 0 bridgehead atoms. The summed E-state index contributed by atoms with van der Waals surface area (Å²) in [5.74, 6) is 0. The van der Waals surface area contributed by atoms with Gasteiger partial charge in [0, 0.05) is 21.3 Å². The Morgan fingerprint density at radius 3 is 2.38 bits per heavy atom. The molecule has 2 nitrogen and oxygen atoms in total. The zero-order valence-corrected chi connectivity index (χ0v) is 4.39.